The molecule has 0 amide bonds. The highest BCUT2D eigenvalue weighted by Crippen LogP contribution is 2.40. The first-order valence-corrected chi connectivity index (χ1v) is 5.85. The number of hydrogen-bond donors (Lipinski definition) is 1. The van der Waals surface area contributed by atoms with E-state index in [9.17, 15) is 5.11 Å². The van der Waals surface area contributed by atoms with Crippen LogP contribution in [0.2, 0.25) is 0 Å². The molecule has 0 spiro atoms. The summed E-state index contributed by atoms with van der Waals surface area (Å²) in [4.78, 5) is 0. The van der Waals surface area contributed by atoms with Crippen molar-refractivity contribution < 1.29 is 19.3 Å². The Bertz CT molecular complexity index is 370. The lowest BCUT2D eigenvalue weighted by Gasteiger charge is -2.21. The van der Waals surface area contributed by atoms with Crippen LogP contribution in [0.3, 0.4) is 0 Å². The number of fused-ring (bicyclic) bond motifs is 1. The van der Waals surface area contributed by atoms with Crippen molar-refractivity contribution >= 4 is 0 Å². The first-order chi connectivity index (χ1) is 8.20. The van der Waals surface area contributed by atoms with E-state index in [1.54, 1.807) is 14.0 Å². The number of rotatable bonds is 4. The molecule has 1 atom stereocenters. The van der Waals surface area contributed by atoms with Gasteiger partial charge in [-0.1, -0.05) is 0 Å². The van der Waals surface area contributed by atoms with Crippen LogP contribution in [0.1, 0.15) is 18.9 Å². The highest BCUT2D eigenvalue weighted by molar-refractivity contribution is 5.54. The maximum Gasteiger partial charge on any atom is 0.203 e. The summed E-state index contributed by atoms with van der Waals surface area (Å²) < 4.78 is 16.4. The molecule has 2 rings (SSSR count). The lowest BCUT2D eigenvalue weighted by Crippen LogP contribution is -2.16. The van der Waals surface area contributed by atoms with Crippen molar-refractivity contribution in [2.75, 3.05) is 20.3 Å². The van der Waals surface area contributed by atoms with Crippen molar-refractivity contribution in [1.82, 2.24) is 0 Å². The van der Waals surface area contributed by atoms with Gasteiger partial charge in [-0.2, -0.15) is 0 Å². The van der Waals surface area contributed by atoms with Gasteiger partial charge in [0.05, 0.1) is 13.2 Å². The molecule has 1 aromatic carbocycles. The van der Waals surface area contributed by atoms with E-state index in [0.717, 1.165) is 24.2 Å². The highest BCUT2D eigenvalue weighted by atomic mass is 16.6. The monoisotopic (exact) mass is 238 g/mol. The van der Waals surface area contributed by atoms with Crippen LogP contribution in [0.25, 0.3) is 0 Å². The molecule has 0 aromatic heterocycles. The summed E-state index contributed by atoms with van der Waals surface area (Å²) in [5.41, 5.74) is 1.09. The molecule has 0 fully saturated rings. The van der Waals surface area contributed by atoms with Gasteiger partial charge in [0, 0.05) is 0 Å². The van der Waals surface area contributed by atoms with Crippen LogP contribution in [0.15, 0.2) is 12.1 Å². The van der Waals surface area contributed by atoms with Crippen LogP contribution in [0.4, 0.5) is 0 Å². The Kier molecular flexibility index (Phi) is 3.74. The first-order valence-electron chi connectivity index (χ1n) is 5.85. The molecule has 17 heavy (non-hydrogen) atoms. The summed E-state index contributed by atoms with van der Waals surface area (Å²) in [6, 6.07) is 3.90. The lowest BCUT2D eigenvalue weighted by atomic mass is 10.1. The predicted octanol–water partition coefficient (Wildman–Crippen LogP) is 1.78. The molecule has 0 unspecified atom stereocenters. The SMILES string of the molecule is COc1cc(CC[C@H](C)O)cc2c1OCCO2. The van der Waals surface area contributed by atoms with Gasteiger partial charge >= 0.3 is 0 Å². The van der Waals surface area contributed by atoms with E-state index in [1.807, 2.05) is 12.1 Å². The summed E-state index contributed by atoms with van der Waals surface area (Å²) >= 11 is 0. The van der Waals surface area contributed by atoms with Crippen LogP contribution in [0.5, 0.6) is 17.2 Å². The number of benzene rings is 1. The third-order valence-electron chi connectivity index (χ3n) is 2.74. The number of aryl methyl sites for hydroxylation is 1. The molecule has 1 heterocycles. The van der Waals surface area contributed by atoms with Crippen molar-refractivity contribution in [3.8, 4) is 17.2 Å². The molecule has 0 bridgehead atoms. The van der Waals surface area contributed by atoms with Crippen molar-refractivity contribution in [3.63, 3.8) is 0 Å². The van der Waals surface area contributed by atoms with E-state index in [1.165, 1.54) is 0 Å². The lowest BCUT2D eigenvalue weighted by molar-refractivity contribution is 0.164. The van der Waals surface area contributed by atoms with Gasteiger partial charge in [-0.25, -0.2) is 0 Å². The topological polar surface area (TPSA) is 47.9 Å². The zero-order chi connectivity index (χ0) is 12.3. The normalized spacial score (nSPS) is 15.5. The second-order valence-corrected chi connectivity index (χ2v) is 4.21. The molecule has 94 valence electrons. The number of hydrogen-bond acceptors (Lipinski definition) is 4. The summed E-state index contributed by atoms with van der Waals surface area (Å²) in [6.45, 7) is 2.90. The van der Waals surface area contributed by atoms with Crippen molar-refractivity contribution in [1.29, 1.82) is 0 Å². The zero-order valence-electron chi connectivity index (χ0n) is 10.2. The van der Waals surface area contributed by atoms with Crippen LogP contribution in [-0.2, 0) is 6.42 Å². The molecule has 1 aliphatic rings. The minimum Gasteiger partial charge on any atom is -0.493 e. The Morgan fingerprint density at radius 1 is 1.35 bits per heavy atom. The minimum absolute atomic E-state index is 0.297. The molecule has 4 nitrogen and oxygen atoms in total. The quantitative estimate of drug-likeness (QED) is 0.868. The van der Waals surface area contributed by atoms with E-state index in [-0.39, 0.29) is 6.10 Å². The van der Waals surface area contributed by atoms with Gasteiger partial charge in [0.15, 0.2) is 11.5 Å². The Morgan fingerprint density at radius 3 is 2.82 bits per heavy atom. The van der Waals surface area contributed by atoms with E-state index in [0.29, 0.717) is 24.7 Å². The summed E-state index contributed by atoms with van der Waals surface area (Å²) in [7, 11) is 1.62. The van der Waals surface area contributed by atoms with E-state index >= 15 is 0 Å². The van der Waals surface area contributed by atoms with Gasteiger partial charge in [-0.05, 0) is 37.5 Å². The van der Waals surface area contributed by atoms with E-state index in [2.05, 4.69) is 0 Å². The van der Waals surface area contributed by atoms with Gasteiger partial charge in [-0.3, -0.25) is 0 Å². The largest absolute Gasteiger partial charge is 0.493 e. The Hall–Kier alpha value is -1.42. The standard InChI is InChI=1S/C13H18O4/c1-9(14)3-4-10-7-11(15-2)13-12(8-10)16-5-6-17-13/h7-9,14H,3-6H2,1-2H3/t9-/m0/s1. The van der Waals surface area contributed by atoms with Gasteiger partial charge in [0.25, 0.3) is 0 Å². The third-order valence-corrected chi connectivity index (χ3v) is 2.74. The summed E-state index contributed by atoms with van der Waals surface area (Å²) in [6.07, 6.45) is 1.22. The van der Waals surface area contributed by atoms with Crippen molar-refractivity contribution in [2.24, 2.45) is 0 Å². The van der Waals surface area contributed by atoms with Crippen LogP contribution in [0, 0.1) is 0 Å². The fourth-order valence-electron chi connectivity index (χ4n) is 1.85. The Morgan fingerprint density at radius 2 is 2.12 bits per heavy atom. The average molecular weight is 238 g/mol. The molecule has 0 radical (unpaired) electrons. The maximum atomic E-state index is 9.29. The second-order valence-electron chi connectivity index (χ2n) is 4.21. The third kappa shape index (κ3) is 2.82. The van der Waals surface area contributed by atoms with Crippen molar-refractivity contribution in [3.05, 3.63) is 17.7 Å². The van der Waals surface area contributed by atoms with E-state index in [4.69, 9.17) is 14.2 Å². The zero-order valence-corrected chi connectivity index (χ0v) is 10.2. The molecule has 0 saturated heterocycles. The minimum atomic E-state index is -0.297. The molecule has 1 aromatic rings. The van der Waals surface area contributed by atoms with Gasteiger partial charge in [-0.15, -0.1) is 0 Å². The Labute approximate surface area is 101 Å². The summed E-state index contributed by atoms with van der Waals surface area (Å²) in [5, 5.41) is 9.29. The smallest absolute Gasteiger partial charge is 0.203 e. The van der Waals surface area contributed by atoms with Gasteiger partial charge in [0.2, 0.25) is 5.75 Å². The number of ether oxygens (including phenoxy) is 3. The average Bonchev–Trinajstić information content (AvgIpc) is 2.35. The maximum absolute atomic E-state index is 9.29. The molecule has 1 N–H and O–H groups in total. The summed E-state index contributed by atoms with van der Waals surface area (Å²) in [5.74, 6) is 2.11. The fourth-order valence-corrected chi connectivity index (χ4v) is 1.85. The Balaban J connectivity index is 2.23. The molecule has 0 saturated carbocycles. The molecule has 0 aliphatic carbocycles. The molecular formula is C13H18O4. The van der Waals surface area contributed by atoms with Gasteiger partial charge < -0.3 is 19.3 Å². The van der Waals surface area contributed by atoms with Crippen LogP contribution >= 0.6 is 0 Å². The predicted molar refractivity (Wildman–Crippen MR) is 64.0 cm³/mol. The van der Waals surface area contributed by atoms with Crippen molar-refractivity contribution in [2.45, 2.75) is 25.9 Å². The number of aliphatic hydroxyl groups is 1. The van der Waals surface area contributed by atoms with E-state index < -0.39 is 0 Å². The fraction of sp³-hybridized carbons (Fsp3) is 0.538. The van der Waals surface area contributed by atoms with Gasteiger partial charge in [0.1, 0.15) is 13.2 Å². The first kappa shape index (κ1) is 12.0. The molecule has 4 heteroatoms. The van der Waals surface area contributed by atoms with Crippen LogP contribution < -0.4 is 14.2 Å². The number of methoxy groups -OCH3 is 1. The van der Waals surface area contributed by atoms with Crippen LogP contribution in [-0.4, -0.2) is 31.5 Å². The molecular weight excluding hydrogens is 220 g/mol. The highest BCUT2D eigenvalue weighted by Gasteiger charge is 2.18. The second kappa shape index (κ2) is 5.27. The number of aliphatic hydroxyl groups excluding tert-OH is 1. The molecule has 1 aliphatic heterocycles.